The van der Waals surface area contributed by atoms with Crippen molar-refractivity contribution in [2.45, 2.75) is 45.3 Å². The van der Waals surface area contributed by atoms with Gasteiger partial charge < -0.3 is 14.8 Å². The van der Waals surface area contributed by atoms with Gasteiger partial charge in [0.25, 0.3) is 0 Å². The van der Waals surface area contributed by atoms with Gasteiger partial charge in [0.2, 0.25) is 10.0 Å². The number of aromatic nitrogens is 2. The molecular formula is C23H28ClFN4O4S. The van der Waals surface area contributed by atoms with Crippen LogP contribution in [0.3, 0.4) is 0 Å². The Morgan fingerprint density at radius 2 is 1.94 bits per heavy atom. The molecule has 0 aliphatic heterocycles. The van der Waals surface area contributed by atoms with Crippen molar-refractivity contribution in [3.05, 3.63) is 47.5 Å². The fourth-order valence-corrected chi connectivity index (χ4v) is 4.97. The summed E-state index contributed by atoms with van der Waals surface area (Å²) in [5.74, 6) is 1.00. The fraction of sp³-hybridized carbons (Fsp3) is 0.391. The number of halogens is 2. The molecule has 0 spiro atoms. The molecule has 34 heavy (non-hydrogen) atoms. The van der Waals surface area contributed by atoms with Crippen molar-refractivity contribution in [2.24, 2.45) is 0 Å². The van der Waals surface area contributed by atoms with E-state index in [9.17, 15) is 12.8 Å². The van der Waals surface area contributed by atoms with E-state index in [0.29, 0.717) is 40.3 Å². The predicted molar refractivity (Wildman–Crippen MR) is 132 cm³/mol. The second-order valence-corrected chi connectivity index (χ2v) is 10.2. The summed E-state index contributed by atoms with van der Waals surface area (Å²) in [6, 6.07) is 7.68. The van der Waals surface area contributed by atoms with Gasteiger partial charge in [-0.3, -0.25) is 0 Å². The maximum Gasteiger partial charge on any atom is 0.208 e. The topological polar surface area (TPSA) is 102 Å². The second-order valence-electron chi connectivity index (χ2n) is 7.99. The molecule has 4 rings (SSSR count). The highest BCUT2D eigenvalue weighted by Gasteiger charge is 2.26. The average Bonchev–Trinajstić information content (AvgIpc) is 2.75. The Morgan fingerprint density at radius 3 is 2.65 bits per heavy atom. The van der Waals surface area contributed by atoms with Crippen LogP contribution in [0.2, 0.25) is 5.02 Å². The van der Waals surface area contributed by atoms with Crippen molar-refractivity contribution in [3.63, 3.8) is 0 Å². The molecule has 11 heteroatoms. The van der Waals surface area contributed by atoms with Gasteiger partial charge in [-0.25, -0.2) is 27.5 Å². The first kappa shape index (κ1) is 25.9. The van der Waals surface area contributed by atoms with Crippen LogP contribution in [0, 0.1) is 5.82 Å². The van der Waals surface area contributed by atoms with Crippen LogP contribution in [-0.2, 0) is 10.0 Å². The summed E-state index contributed by atoms with van der Waals surface area (Å²) < 4.78 is 51.2. The van der Waals surface area contributed by atoms with Crippen molar-refractivity contribution >= 4 is 44.0 Å². The fourth-order valence-electron chi connectivity index (χ4n) is 3.97. The minimum absolute atomic E-state index is 0. The molecule has 8 nitrogen and oxygen atoms in total. The van der Waals surface area contributed by atoms with E-state index in [4.69, 9.17) is 21.1 Å². The number of benzene rings is 2. The van der Waals surface area contributed by atoms with Crippen LogP contribution < -0.4 is 19.5 Å². The first-order valence-corrected chi connectivity index (χ1v) is 12.7. The Bertz CT molecular complexity index is 1280. The Labute approximate surface area is 203 Å². The van der Waals surface area contributed by atoms with Crippen LogP contribution in [0.15, 0.2) is 36.7 Å². The van der Waals surface area contributed by atoms with Gasteiger partial charge in [-0.2, -0.15) is 0 Å². The largest absolute Gasteiger partial charge is 0.493 e. The highest BCUT2D eigenvalue weighted by molar-refractivity contribution is 7.88. The number of nitrogens with zero attached hydrogens (tertiary/aromatic N) is 2. The lowest BCUT2D eigenvalue weighted by atomic mass is 9.93. The molecule has 1 aliphatic rings. The number of fused-ring (bicyclic) bond motifs is 1. The van der Waals surface area contributed by atoms with E-state index in [2.05, 4.69) is 20.0 Å². The molecule has 1 saturated carbocycles. The Kier molecular flexibility index (Phi) is 8.17. The third kappa shape index (κ3) is 6.25. The maximum absolute atomic E-state index is 13.5. The number of anilines is 2. The molecule has 1 fully saturated rings. The smallest absolute Gasteiger partial charge is 0.208 e. The molecule has 2 aromatic carbocycles. The van der Waals surface area contributed by atoms with E-state index >= 15 is 0 Å². The average molecular weight is 511 g/mol. The van der Waals surface area contributed by atoms with Gasteiger partial charge in [0.1, 0.15) is 24.1 Å². The van der Waals surface area contributed by atoms with E-state index < -0.39 is 15.8 Å². The molecule has 0 saturated heterocycles. The summed E-state index contributed by atoms with van der Waals surface area (Å²) in [7, 11) is -1.75. The van der Waals surface area contributed by atoms with Crippen molar-refractivity contribution in [2.75, 3.05) is 18.7 Å². The minimum atomic E-state index is -3.29. The summed E-state index contributed by atoms with van der Waals surface area (Å²) in [5.41, 5.74) is 1.20. The number of hydrogen-bond acceptors (Lipinski definition) is 7. The summed E-state index contributed by atoms with van der Waals surface area (Å²) >= 11 is 5.90. The number of ether oxygens (including phenoxy) is 2. The molecular weight excluding hydrogens is 483 g/mol. The van der Waals surface area contributed by atoms with Crippen molar-refractivity contribution in [1.82, 2.24) is 14.7 Å². The number of methoxy groups -OCH3 is 1. The molecule has 0 amide bonds. The molecule has 0 radical (unpaired) electrons. The molecule has 2 N–H and O–H groups in total. The lowest BCUT2D eigenvalue weighted by molar-refractivity contribution is 0.136. The van der Waals surface area contributed by atoms with Crippen LogP contribution in [-0.4, -0.2) is 43.9 Å². The normalized spacial score (nSPS) is 18.2. The van der Waals surface area contributed by atoms with Crippen LogP contribution in [0.5, 0.6) is 11.5 Å². The molecule has 1 aromatic heterocycles. The van der Waals surface area contributed by atoms with Crippen LogP contribution in [0.4, 0.5) is 15.9 Å². The molecule has 1 aliphatic carbocycles. The highest BCUT2D eigenvalue weighted by Crippen LogP contribution is 2.37. The molecule has 3 aromatic rings. The molecule has 2 unspecified atom stereocenters. The minimum Gasteiger partial charge on any atom is -0.493 e. The lowest BCUT2D eigenvalue weighted by Crippen LogP contribution is -2.40. The number of nitrogens with one attached hydrogen (secondary N) is 2. The zero-order valence-electron chi connectivity index (χ0n) is 18.1. The zero-order valence-corrected chi connectivity index (χ0v) is 19.7. The highest BCUT2D eigenvalue weighted by atomic mass is 35.5. The molecule has 2 atom stereocenters. The van der Waals surface area contributed by atoms with Gasteiger partial charge in [0, 0.05) is 29.6 Å². The predicted octanol–water partition coefficient (Wildman–Crippen LogP) is 5.05. The second kappa shape index (κ2) is 10.7. The standard InChI is InChI=1S/C22H24ClFN4O4S.CH4/c1-31-20-11-19-16(22(26-12-25-19)27-13-6-7-18(24)17(23)9-13)10-21(20)32-15-5-3-4-14(8-15)28-33(2,29)30;/h6-7,9-12,14-15,28H,3-5,8H2,1-2H3,(H,25,26,27);1H4. The van der Waals surface area contributed by atoms with E-state index in [1.54, 1.807) is 25.3 Å². The SMILES string of the molecule is C.COc1cc2ncnc(Nc3ccc(F)c(Cl)c3)c2cc1OC1CCCC(NS(C)(=O)=O)C1. The zero-order chi connectivity index (χ0) is 23.6. The number of hydrogen-bond donors (Lipinski definition) is 2. The van der Waals surface area contributed by atoms with Crippen molar-refractivity contribution in [3.8, 4) is 11.5 Å². The summed E-state index contributed by atoms with van der Waals surface area (Å²) in [6.07, 6.45) is 5.36. The number of sulfonamides is 1. The van der Waals surface area contributed by atoms with Crippen LogP contribution in [0.25, 0.3) is 10.9 Å². The van der Waals surface area contributed by atoms with Crippen molar-refractivity contribution in [1.29, 1.82) is 0 Å². The quantitative estimate of drug-likeness (QED) is 0.458. The molecule has 0 bridgehead atoms. The number of rotatable bonds is 7. The van der Waals surface area contributed by atoms with E-state index in [1.165, 1.54) is 18.5 Å². The first-order valence-electron chi connectivity index (χ1n) is 10.4. The molecule has 184 valence electrons. The summed E-state index contributed by atoms with van der Waals surface area (Å²) in [6.45, 7) is 0. The Balaban J connectivity index is 0.00000324. The maximum atomic E-state index is 13.5. The summed E-state index contributed by atoms with van der Waals surface area (Å²) in [4.78, 5) is 8.63. The lowest BCUT2D eigenvalue weighted by Gasteiger charge is -2.30. The Morgan fingerprint density at radius 1 is 1.15 bits per heavy atom. The summed E-state index contributed by atoms with van der Waals surface area (Å²) in [5, 5.41) is 3.82. The van der Waals surface area contributed by atoms with Gasteiger partial charge in [-0.15, -0.1) is 0 Å². The van der Waals surface area contributed by atoms with Gasteiger partial charge >= 0.3 is 0 Å². The van der Waals surface area contributed by atoms with Crippen LogP contribution in [0.1, 0.15) is 33.1 Å². The van der Waals surface area contributed by atoms with Gasteiger partial charge in [-0.05, 0) is 43.5 Å². The van der Waals surface area contributed by atoms with Gasteiger partial charge in [-0.1, -0.05) is 19.0 Å². The van der Waals surface area contributed by atoms with E-state index in [-0.39, 0.29) is 24.6 Å². The van der Waals surface area contributed by atoms with E-state index in [0.717, 1.165) is 25.5 Å². The van der Waals surface area contributed by atoms with Crippen molar-refractivity contribution < 1.29 is 22.3 Å². The Hall–Kier alpha value is -2.69. The third-order valence-electron chi connectivity index (χ3n) is 5.40. The first-order chi connectivity index (χ1) is 15.7. The third-order valence-corrected chi connectivity index (χ3v) is 6.45. The van der Waals surface area contributed by atoms with Gasteiger partial charge in [0.05, 0.1) is 23.9 Å². The van der Waals surface area contributed by atoms with Gasteiger partial charge in [0.15, 0.2) is 11.5 Å². The molecule has 1 heterocycles. The van der Waals surface area contributed by atoms with E-state index in [1.807, 2.05) is 0 Å². The van der Waals surface area contributed by atoms with Crippen LogP contribution >= 0.6 is 11.6 Å². The monoisotopic (exact) mass is 510 g/mol.